The van der Waals surface area contributed by atoms with Crippen LogP contribution < -0.4 is 0 Å². The van der Waals surface area contributed by atoms with Gasteiger partial charge in [-0.25, -0.2) is 15.0 Å². The highest BCUT2D eigenvalue weighted by Crippen LogP contribution is 2.42. The Labute approximate surface area is 305 Å². The number of benzene rings is 9. The van der Waals surface area contributed by atoms with Gasteiger partial charge in [0.2, 0.25) is 0 Å². The topological polar surface area (TPSA) is 43.6 Å². The average molecular weight is 675 g/mol. The molecule has 0 bridgehead atoms. The highest BCUT2D eigenvalue weighted by atomic mass is 15.0. The summed E-state index contributed by atoms with van der Waals surface area (Å²) in [5.74, 6) is 1.93. The Kier molecular flexibility index (Phi) is 6.52. The predicted molar refractivity (Wildman–Crippen MR) is 220 cm³/mol. The molecule has 0 aliphatic carbocycles. The smallest absolute Gasteiger partial charge is 0.164 e. The Balaban J connectivity index is 1.15. The normalized spacial score (nSPS) is 11.8. The number of nitrogens with zero attached hydrogens (tertiary/aromatic N) is 4. The van der Waals surface area contributed by atoms with E-state index in [1.54, 1.807) is 0 Å². The lowest BCUT2D eigenvalue weighted by molar-refractivity contribution is 1.08. The molecule has 0 atom stereocenters. The Morgan fingerprint density at radius 2 is 0.717 bits per heavy atom. The van der Waals surface area contributed by atoms with Crippen molar-refractivity contribution in [3.8, 4) is 39.9 Å². The zero-order valence-electron chi connectivity index (χ0n) is 28.6. The van der Waals surface area contributed by atoms with Crippen LogP contribution in [0.25, 0.3) is 105 Å². The lowest BCUT2D eigenvalue weighted by Crippen LogP contribution is -2.01. The van der Waals surface area contributed by atoms with E-state index in [1.807, 2.05) is 18.2 Å². The van der Waals surface area contributed by atoms with Crippen LogP contribution in [0, 0.1) is 0 Å². The van der Waals surface area contributed by atoms with Gasteiger partial charge in [0.25, 0.3) is 0 Å². The fraction of sp³-hybridized carbons (Fsp3) is 0. The summed E-state index contributed by atoms with van der Waals surface area (Å²) >= 11 is 0. The fourth-order valence-electron chi connectivity index (χ4n) is 8.25. The van der Waals surface area contributed by atoms with Gasteiger partial charge in [-0.2, -0.15) is 0 Å². The number of fused-ring (bicyclic) bond motifs is 11. The third-order valence-corrected chi connectivity index (χ3v) is 10.6. The van der Waals surface area contributed by atoms with Crippen LogP contribution in [0.15, 0.2) is 182 Å². The minimum Gasteiger partial charge on any atom is -0.309 e. The fourth-order valence-corrected chi connectivity index (χ4v) is 8.25. The van der Waals surface area contributed by atoms with E-state index in [0.717, 1.165) is 27.8 Å². The number of hydrogen-bond donors (Lipinski definition) is 0. The molecule has 4 nitrogen and oxygen atoms in total. The molecule has 4 heteroatoms. The monoisotopic (exact) mass is 674 g/mol. The van der Waals surface area contributed by atoms with Gasteiger partial charge in [-0.1, -0.05) is 140 Å². The van der Waals surface area contributed by atoms with Crippen LogP contribution in [0.1, 0.15) is 0 Å². The van der Waals surface area contributed by atoms with Gasteiger partial charge in [0.05, 0.1) is 11.0 Å². The second-order valence-corrected chi connectivity index (χ2v) is 13.6. The molecule has 0 amide bonds. The van der Waals surface area contributed by atoms with Gasteiger partial charge in [0, 0.05) is 33.2 Å². The summed E-state index contributed by atoms with van der Waals surface area (Å²) < 4.78 is 2.33. The molecule has 0 N–H and O–H groups in total. The second kappa shape index (κ2) is 11.7. The van der Waals surface area contributed by atoms with Crippen LogP contribution in [0.2, 0.25) is 0 Å². The van der Waals surface area contributed by atoms with E-state index in [1.165, 1.54) is 59.5 Å². The highest BCUT2D eigenvalue weighted by Gasteiger charge is 2.19. The van der Waals surface area contributed by atoms with Crippen LogP contribution in [-0.4, -0.2) is 19.5 Å². The third kappa shape index (κ3) is 4.59. The summed E-state index contributed by atoms with van der Waals surface area (Å²) in [6.07, 6.45) is 0. The van der Waals surface area contributed by atoms with E-state index < -0.39 is 0 Å². The lowest BCUT2D eigenvalue weighted by Gasteiger charge is -2.16. The third-order valence-electron chi connectivity index (χ3n) is 10.6. The maximum atomic E-state index is 5.26. The summed E-state index contributed by atoms with van der Waals surface area (Å²) in [6, 6.07) is 64.4. The molecule has 0 spiro atoms. The summed E-state index contributed by atoms with van der Waals surface area (Å²) in [7, 11) is 0. The van der Waals surface area contributed by atoms with Crippen molar-refractivity contribution in [3.63, 3.8) is 0 Å². The van der Waals surface area contributed by atoms with Crippen molar-refractivity contribution >= 4 is 64.9 Å². The average Bonchev–Trinajstić information content (AvgIpc) is 3.58. The molecule has 0 saturated heterocycles. The van der Waals surface area contributed by atoms with Crippen molar-refractivity contribution in [1.29, 1.82) is 0 Å². The Morgan fingerprint density at radius 3 is 1.32 bits per heavy atom. The number of rotatable bonds is 4. The van der Waals surface area contributed by atoms with Crippen molar-refractivity contribution in [2.24, 2.45) is 0 Å². The van der Waals surface area contributed by atoms with Gasteiger partial charge in [-0.15, -0.1) is 0 Å². The molecule has 2 aromatic heterocycles. The Hall–Kier alpha value is -7.17. The van der Waals surface area contributed by atoms with E-state index in [-0.39, 0.29) is 0 Å². The van der Waals surface area contributed by atoms with E-state index in [2.05, 4.69) is 168 Å². The molecular weight excluding hydrogens is 645 g/mol. The van der Waals surface area contributed by atoms with Gasteiger partial charge in [0.15, 0.2) is 17.5 Å². The number of aromatic nitrogens is 4. The first-order valence-corrected chi connectivity index (χ1v) is 18.0. The van der Waals surface area contributed by atoms with E-state index in [4.69, 9.17) is 15.0 Å². The van der Waals surface area contributed by atoms with Crippen LogP contribution in [0.5, 0.6) is 0 Å². The molecule has 11 aromatic rings. The quantitative estimate of drug-likeness (QED) is 0.175. The maximum Gasteiger partial charge on any atom is 0.164 e. The van der Waals surface area contributed by atoms with Gasteiger partial charge in [-0.3, -0.25) is 0 Å². The first-order valence-electron chi connectivity index (χ1n) is 18.0. The van der Waals surface area contributed by atoms with Gasteiger partial charge < -0.3 is 4.57 Å². The van der Waals surface area contributed by atoms with Crippen molar-refractivity contribution in [2.45, 2.75) is 0 Å². The minimum atomic E-state index is 0.634. The Morgan fingerprint density at radius 1 is 0.302 bits per heavy atom. The van der Waals surface area contributed by atoms with Crippen LogP contribution >= 0.6 is 0 Å². The molecule has 11 rings (SSSR count). The molecule has 0 radical (unpaired) electrons. The van der Waals surface area contributed by atoms with Crippen molar-refractivity contribution in [3.05, 3.63) is 182 Å². The lowest BCUT2D eigenvalue weighted by atomic mass is 9.89. The molecule has 53 heavy (non-hydrogen) atoms. The standard InChI is InChI=1S/C49H30N4/c1-2-14-31(15-3-1)47-50-48(32-26-28-33(29-27-32)53-44-24-12-10-20-38(44)39-21-11-13-25-45(39)53)52-49(51-47)43-30-42-36-18-5-4-16-34(36)35-17-6-8-22-40(35)46(42)41-23-9-7-19-37(41)43/h1-30H. The van der Waals surface area contributed by atoms with Crippen molar-refractivity contribution < 1.29 is 0 Å². The molecule has 0 fully saturated rings. The summed E-state index contributed by atoms with van der Waals surface area (Å²) in [4.78, 5) is 15.6. The molecule has 0 saturated carbocycles. The van der Waals surface area contributed by atoms with Crippen LogP contribution in [0.3, 0.4) is 0 Å². The second-order valence-electron chi connectivity index (χ2n) is 13.6. The van der Waals surface area contributed by atoms with Crippen LogP contribution in [0.4, 0.5) is 0 Å². The summed E-state index contributed by atoms with van der Waals surface area (Å²) in [6.45, 7) is 0. The van der Waals surface area contributed by atoms with Gasteiger partial charge in [-0.05, 0) is 85.6 Å². The van der Waals surface area contributed by atoms with E-state index in [9.17, 15) is 0 Å². The first-order chi connectivity index (χ1) is 26.3. The molecular formula is C49H30N4. The van der Waals surface area contributed by atoms with E-state index >= 15 is 0 Å². The Bertz CT molecular complexity index is 3160. The first kappa shape index (κ1) is 29.5. The molecule has 0 aliphatic rings. The summed E-state index contributed by atoms with van der Waals surface area (Å²) in [5.41, 5.74) is 6.30. The zero-order chi connectivity index (χ0) is 34.9. The van der Waals surface area contributed by atoms with Gasteiger partial charge >= 0.3 is 0 Å². The SMILES string of the molecule is c1ccc(-c2nc(-c3ccc(-n4c5ccccc5c5ccccc54)cc3)nc(-c3cc4c5ccccc5c5ccccc5c4c4ccccc34)n2)cc1. The van der Waals surface area contributed by atoms with E-state index in [0.29, 0.717) is 17.5 Å². The predicted octanol–water partition coefficient (Wildman–Crippen LogP) is 12.6. The molecule has 9 aromatic carbocycles. The maximum absolute atomic E-state index is 5.26. The van der Waals surface area contributed by atoms with Gasteiger partial charge in [0.1, 0.15) is 0 Å². The largest absolute Gasteiger partial charge is 0.309 e. The molecule has 2 heterocycles. The number of para-hydroxylation sites is 2. The minimum absolute atomic E-state index is 0.634. The molecule has 246 valence electrons. The molecule has 0 aliphatic heterocycles. The highest BCUT2D eigenvalue weighted by molar-refractivity contribution is 6.32. The molecule has 0 unspecified atom stereocenters. The number of hydrogen-bond acceptors (Lipinski definition) is 3. The van der Waals surface area contributed by atoms with Crippen molar-refractivity contribution in [1.82, 2.24) is 19.5 Å². The summed E-state index contributed by atoms with van der Waals surface area (Å²) in [5, 5.41) is 12.2. The zero-order valence-corrected chi connectivity index (χ0v) is 28.6. The van der Waals surface area contributed by atoms with Crippen molar-refractivity contribution in [2.75, 3.05) is 0 Å². The van der Waals surface area contributed by atoms with Crippen LogP contribution in [-0.2, 0) is 0 Å².